The molecule has 0 spiro atoms. The largest absolute Gasteiger partial charge is 0.365 e. The van der Waals surface area contributed by atoms with E-state index in [9.17, 15) is 0 Å². The van der Waals surface area contributed by atoms with Gasteiger partial charge in [0, 0.05) is 23.3 Å². The van der Waals surface area contributed by atoms with E-state index in [1.807, 2.05) is 16.0 Å². The zero-order chi connectivity index (χ0) is 17.1. The van der Waals surface area contributed by atoms with E-state index in [4.69, 9.17) is 9.97 Å². The number of thiophene rings is 1. The number of aryl methyl sites for hydroxylation is 3. The van der Waals surface area contributed by atoms with Crippen molar-refractivity contribution in [1.82, 2.24) is 24.7 Å². The van der Waals surface area contributed by atoms with E-state index >= 15 is 0 Å². The van der Waals surface area contributed by atoms with E-state index in [0.29, 0.717) is 12.0 Å². The molecule has 134 valence electrons. The number of aromatic nitrogens is 5. The van der Waals surface area contributed by atoms with Crippen LogP contribution in [0.4, 0.5) is 5.82 Å². The van der Waals surface area contributed by atoms with Gasteiger partial charge in [0.25, 0.3) is 0 Å². The molecule has 4 heterocycles. The molecule has 1 unspecified atom stereocenters. The number of hydrogen-bond acceptors (Lipinski definition) is 6. The highest BCUT2D eigenvalue weighted by Crippen LogP contribution is 2.43. The lowest BCUT2D eigenvalue weighted by Gasteiger charge is -2.25. The van der Waals surface area contributed by atoms with Gasteiger partial charge in [-0.15, -0.1) is 11.3 Å². The molecule has 1 saturated carbocycles. The van der Waals surface area contributed by atoms with Gasteiger partial charge in [-0.05, 0) is 50.5 Å². The monoisotopic (exact) mass is 366 g/mol. The molecule has 1 N–H and O–H groups in total. The fraction of sp³-hybridized carbons (Fsp3) is 0.579. The predicted molar refractivity (Wildman–Crippen MR) is 102 cm³/mol. The van der Waals surface area contributed by atoms with Crippen molar-refractivity contribution in [3.8, 4) is 0 Å². The number of anilines is 1. The summed E-state index contributed by atoms with van der Waals surface area (Å²) < 4.78 is 2.03. The minimum absolute atomic E-state index is 0.355. The Morgan fingerprint density at radius 3 is 2.92 bits per heavy atom. The van der Waals surface area contributed by atoms with Crippen molar-refractivity contribution in [3.63, 3.8) is 0 Å². The lowest BCUT2D eigenvalue weighted by atomic mass is 9.97. The number of rotatable bonds is 3. The highest BCUT2D eigenvalue weighted by molar-refractivity contribution is 7.19. The van der Waals surface area contributed by atoms with E-state index in [-0.39, 0.29) is 0 Å². The standard InChI is InChI=1S/C19H22N6S/c1-2-4-14-13(3-1)16-18(23-17(11-5-6-11)24-19(16)26-14)22-12-7-8-15-20-10-21-25(15)9-12/h10-12H,1-9H2,(H,22,23,24). The first-order valence-corrected chi connectivity index (χ1v) is 10.6. The van der Waals surface area contributed by atoms with Crippen LogP contribution in [0.25, 0.3) is 10.2 Å². The van der Waals surface area contributed by atoms with Crippen LogP contribution in [0, 0.1) is 0 Å². The van der Waals surface area contributed by atoms with Gasteiger partial charge in [0.05, 0.1) is 11.9 Å². The molecule has 3 aromatic heterocycles. The van der Waals surface area contributed by atoms with Crippen LogP contribution < -0.4 is 5.32 Å². The third kappa shape index (κ3) is 2.44. The van der Waals surface area contributed by atoms with E-state index < -0.39 is 0 Å². The Labute approximate surface area is 156 Å². The third-order valence-electron chi connectivity index (χ3n) is 5.92. The van der Waals surface area contributed by atoms with Crippen molar-refractivity contribution in [2.75, 3.05) is 5.32 Å². The van der Waals surface area contributed by atoms with Crippen molar-refractivity contribution in [3.05, 3.63) is 28.4 Å². The molecule has 7 heteroatoms. The predicted octanol–water partition coefficient (Wildman–Crippen LogP) is 3.47. The number of nitrogens with one attached hydrogen (secondary N) is 1. The lowest BCUT2D eigenvalue weighted by Crippen LogP contribution is -2.32. The molecule has 1 aliphatic heterocycles. The van der Waals surface area contributed by atoms with Gasteiger partial charge < -0.3 is 5.32 Å². The number of fused-ring (bicyclic) bond motifs is 4. The van der Waals surface area contributed by atoms with E-state index in [2.05, 4.69) is 15.4 Å². The quantitative estimate of drug-likeness (QED) is 0.769. The van der Waals surface area contributed by atoms with E-state index in [1.54, 1.807) is 11.2 Å². The normalized spacial score (nSPS) is 22.2. The highest BCUT2D eigenvalue weighted by atomic mass is 32.1. The van der Waals surface area contributed by atoms with Crippen molar-refractivity contribution in [2.24, 2.45) is 0 Å². The molecule has 0 amide bonds. The van der Waals surface area contributed by atoms with Gasteiger partial charge in [-0.2, -0.15) is 5.10 Å². The molecular formula is C19H22N6S. The lowest BCUT2D eigenvalue weighted by molar-refractivity contribution is 0.441. The first-order chi connectivity index (χ1) is 12.8. The molecule has 0 bridgehead atoms. The summed E-state index contributed by atoms with van der Waals surface area (Å²) in [5.41, 5.74) is 1.51. The molecule has 26 heavy (non-hydrogen) atoms. The molecule has 6 rings (SSSR count). The Morgan fingerprint density at radius 1 is 1.08 bits per heavy atom. The van der Waals surface area contributed by atoms with Crippen LogP contribution in [0.2, 0.25) is 0 Å². The molecule has 2 aliphatic carbocycles. The maximum absolute atomic E-state index is 5.02. The van der Waals surface area contributed by atoms with Crippen LogP contribution in [0.3, 0.4) is 0 Å². The van der Waals surface area contributed by atoms with Crippen molar-refractivity contribution in [2.45, 2.75) is 69.9 Å². The van der Waals surface area contributed by atoms with Crippen LogP contribution in [0.15, 0.2) is 6.33 Å². The molecule has 3 aromatic rings. The summed E-state index contributed by atoms with van der Waals surface area (Å²) in [7, 11) is 0. The van der Waals surface area contributed by atoms with Gasteiger partial charge in [-0.3, -0.25) is 0 Å². The minimum atomic E-state index is 0.355. The molecule has 0 aromatic carbocycles. The zero-order valence-electron chi connectivity index (χ0n) is 14.7. The van der Waals surface area contributed by atoms with Gasteiger partial charge in [-0.25, -0.2) is 19.6 Å². The van der Waals surface area contributed by atoms with Crippen LogP contribution in [0.1, 0.15) is 60.1 Å². The average Bonchev–Trinajstić information content (AvgIpc) is 3.29. The van der Waals surface area contributed by atoms with Gasteiger partial charge in [0.2, 0.25) is 0 Å². The summed E-state index contributed by atoms with van der Waals surface area (Å²) in [5, 5.41) is 9.45. The highest BCUT2D eigenvalue weighted by Gasteiger charge is 2.30. The first-order valence-electron chi connectivity index (χ1n) is 9.80. The van der Waals surface area contributed by atoms with Crippen LogP contribution in [-0.4, -0.2) is 30.8 Å². The van der Waals surface area contributed by atoms with Crippen molar-refractivity contribution >= 4 is 27.4 Å². The Hall–Kier alpha value is -2.02. The molecule has 0 radical (unpaired) electrons. The first kappa shape index (κ1) is 15.1. The smallest absolute Gasteiger partial charge is 0.139 e. The van der Waals surface area contributed by atoms with E-state index in [1.165, 1.54) is 54.3 Å². The number of nitrogens with zero attached hydrogens (tertiary/aromatic N) is 5. The second kappa shape index (κ2) is 5.74. The summed E-state index contributed by atoms with van der Waals surface area (Å²) in [5.74, 6) is 3.80. The zero-order valence-corrected chi connectivity index (χ0v) is 15.6. The second-order valence-electron chi connectivity index (χ2n) is 7.83. The second-order valence-corrected chi connectivity index (χ2v) is 8.92. The Balaban J connectivity index is 1.41. The summed E-state index contributed by atoms with van der Waals surface area (Å²) in [6.45, 7) is 0.867. The summed E-state index contributed by atoms with van der Waals surface area (Å²) in [4.78, 5) is 17.1. The van der Waals surface area contributed by atoms with E-state index in [0.717, 1.165) is 36.9 Å². The van der Waals surface area contributed by atoms with Crippen LogP contribution in [0.5, 0.6) is 0 Å². The maximum Gasteiger partial charge on any atom is 0.139 e. The Kier molecular flexibility index (Phi) is 3.33. The summed E-state index contributed by atoms with van der Waals surface area (Å²) in [6, 6.07) is 0.355. The summed E-state index contributed by atoms with van der Waals surface area (Å²) >= 11 is 1.91. The van der Waals surface area contributed by atoms with Crippen molar-refractivity contribution in [1.29, 1.82) is 0 Å². The van der Waals surface area contributed by atoms with Gasteiger partial charge in [0.15, 0.2) is 0 Å². The molecular weight excluding hydrogens is 344 g/mol. The summed E-state index contributed by atoms with van der Waals surface area (Å²) in [6.07, 6.45) is 11.2. The minimum Gasteiger partial charge on any atom is -0.365 e. The average molecular weight is 366 g/mol. The van der Waals surface area contributed by atoms with Gasteiger partial charge in [-0.1, -0.05) is 0 Å². The van der Waals surface area contributed by atoms with Crippen LogP contribution in [-0.2, 0) is 25.8 Å². The topological polar surface area (TPSA) is 68.5 Å². The fourth-order valence-electron chi connectivity index (χ4n) is 4.35. The Bertz CT molecular complexity index is 985. The number of hydrogen-bond donors (Lipinski definition) is 1. The molecule has 0 saturated heterocycles. The molecule has 6 nitrogen and oxygen atoms in total. The SMILES string of the molecule is c1nc2n(n1)CC(Nc1nc(C3CC3)nc3sc4c(c13)CCCC4)CC2. The third-order valence-corrected chi connectivity index (χ3v) is 7.11. The molecule has 1 fully saturated rings. The van der Waals surface area contributed by atoms with Crippen LogP contribution >= 0.6 is 11.3 Å². The maximum atomic E-state index is 5.02. The Morgan fingerprint density at radius 2 is 2.00 bits per heavy atom. The van der Waals surface area contributed by atoms with Gasteiger partial charge in [0.1, 0.15) is 28.6 Å². The molecule has 3 aliphatic rings. The van der Waals surface area contributed by atoms with Gasteiger partial charge >= 0.3 is 0 Å². The fourth-order valence-corrected chi connectivity index (χ4v) is 5.62. The van der Waals surface area contributed by atoms with Crippen molar-refractivity contribution < 1.29 is 0 Å². The molecule has 1 atom stereocenters.